The minimum atomic E-state index is -0.341. The number of aromatic nitrogens is 2. The van der Waals surface area contributed by atoms with Crippen molar-refractivity contribution in [1.82, 2.24) is 40.0 Å². The van der Waals surface area contributed by atoms with E-state index in [0.29, 0.717) is 31.1 Å². The molecule has 0 saturated carbocycles. The van der Waals surface area contributed by atoms with Crippen LogP contribution in [0.2, 0.25) is 0 Å². The van der Waals surface area contributed by atoms with Crippen molar-refractivity contribution in [1.29, 1.82) is 0 Å². The predicted octanol–water partition coefficient (Wildman–Crippen LogP) is 7.26. The number of H-pyrrole nitrogens is 1. The molecule has 2 aromatic carbocycles. The molecule has 14 heteroatoms. The number of hydrogen-bond donors (Lipinski definition) is 4. The molecule has 1 aromatic heterocycles. The van der Waals surface area contributed by atoms with E-state index in [-0.39, 0.29) is 42.0 Å². The van der Waals surface area contributed by atoms with Crippen LogP contribution in [0.4, 0.5) is 10.1 Å². The number of likely N-dealkylation sites (tertiary alicyclic amines) is 2. The van der Waals surface area contributed by atoms with Gasteiger partial charge in [-0.3, -0.25) is 29.1 Å². The summed E-state index contributed by atoms with van der Waals surface area (Å²) >= 11 is 0. The van der Waals surface area contributed by atoms with E-state index in [1.165, 1.54) is 5.56 Å². The molecule has 5 aliphatic heterocycles. The number of fused-ring (bicyclic) bond motifs is 1. The van der Waals surface area contributed by atoms with Crippen molar-refractivity contribution >= 4 is 24.1 Å². The van der Waals surface area contributed by atoms with E-state index in [2.05, 4.69) is 110 Å². The maximum atomic E-state index is 15.4. The Balaban J connectivity index is 0.00000325. The number of allylic oxidation sites excluding steroid dienone is 5. The number of ether oxygens (including phenoxy) is 1. The van der Waals surface area contributed by atoms with Crippen LogP contribution in [0.1, 0.15) is 113 Å². The van der Waals surface area contributed by atoms with Gasteiger partial charge in [-0.15, -0.1) is 0 Å². The van der Waals surface area contributed by atoms with Crippen molar-refractivity contribution in [3.8, 4) is 0 Å². The van der Waals surface area contributed by atoms with Crippen molar-refractivity contribution < 1.29 is 18.7 Å². The largest absolute Gasteiger partial charge is 0.378 e. The maximum absolute atomic E-state index is 15.4. The Hall–Kier alpha value is -5.70. The Labute approximate surface area is 414 Å². The molecule has 3 aromatic rings. The molecule has 6 aliphatic rings. The molecule has 2 amide bonds. The van der Waals surface area contributed by atoms with E-state index >= 15 is 4.39 Å². The van der Waals surface area contributed by atoms with Crippen LogP contribution in [0.3, 0.4) is 0 Å². The van der Waals surface area contributed by atoms with Crippen LogP contribution in [0.15, 0.2) is 101 Å². The number of piperazine rings is 1. The number of halogens is 1. The highest BCUT2D eigenvalue weighted by Gasteiger charge is 2.31. The van der Waals surface area contributed by atoms with Crippen LogP contribution in [0.25, 0.3) is 6.58 Å². The third-order valence-corrected chi connectivity index (χ3v) is 15.5. The zero-order valence-corrected chi connectivity index (χ0v) is 42.5. The molecule has 9 rings (SSSR count). The van der Waals surface area contributed by atoms with Gasteiger partial charge in [-0.2, -0.15) is 0 Å². The lowest BCUT2D eigenvalue weighted by Gasteiger charge is -2.41. The molecule has 1 aliphatic carbocycles. The van der Waals surface area contributed by atoms with Crippen LogP contribution in [-0.2, 0) is 16.6 Å². The fourth-order valence-electron chi connectivity index (χ4n) is 11.1. The smallest absolute Gasteiger partial charge is 0.253 e. The molecule has 4 atom stereocenters. The normalized spacial score (nSPS) is 22.9. The van der Waals surface area contributed by atoms with E-state index in [0.717, 1.165) is 146 Å². The number of aromatic amines is 1. The van der Waals surface area contributed by atoms with Crippen LogP contribution in [-0.4, -0.2) is 126 Å². The standard InChI is InChI=1S/C54H71FN10O3.C2H6/c1-35-31-51(61(5)56-22-17-45(35)43-12-15-47-49(32-43)60-52(59-47)38(4)68-6)37(3)63-25-20-41(21-26-63)40-8-10-42(11-9-40)54(67)65-23-18-39(19-24-65)34-62-27-29-64(30-28-62)50-16-13-44(33-46(50)55)58-48-14-7-36(2)57-53(48)66;1-2/h8-12,15,17,22,31-33,37-39,41,48,52,56,58,60H,1-2,7,13-14,16,18-21,23-30,34H2,3-6H3,(H,57,66);1-2H3/b22-17?,45-43-,51-31?;. The Morgan fingerprint density at radius 1 is 0.900 bits per heavy atom. The first-order valence-electron chi connectivity index (χ1n) is 25.9. The fourth-order valence-corrected chi connectivity index (χ4v) is 11.1. The van der Waals surface area contributed by atoms with Crippen molar-refractivity contribution in [2.45, 2.75) is 109 Å². The van der Waals surface area contributed by atoms with Gasteiger partial charge < -0.3 is 35.6 Å². The first kappa shape index (κ1) is 50.7. The number of nitrogens with one attached hydrogen (secondary N) is 4. The molecular weight excluding hydrogens is 880 g/mol. The van der Waals surface area contributed by atoms with Crippen LogP contribution >= 0.6 is 0 Å². The zero-order chi connectivity index (χ0) is 49.5. The summed E-state index contributed by atoms with van der Waals surface area (Å²) in [6.07, 6.45) is 10.3. The number of amides is 2. The number of anilines is 1. The van der Waals surface area contributed by atoms with E-state index in [4.69, 9.17) is 9.73 Å². The van der Waals surface area contributed by atoms with Gasteiger partial charge in [0, 0.05) is 89.2 Å². The summed E-state index contributed by atoms with van der Waals surface area (Å²) < 4.78 is 23.0. The van der Waals surface area contributed by atoms with Gasteiger partial charge in [-0.1, -0.05) is 45.2 Å². The Bertz CT molecular complexity index is 2690. The fraction of sp³-hybridized carbons (Fsp3) is 0.518. The van der Waals surface area contributed by atoms with Crippen molar-refractivity contribution in [3.05, 3.63) is 134 Å². The number of carbonyl (C=O) groups excluding carboxylic acids is 2. The van der Waals surface area contributed by atoms with E-state index in [1.807, 2.05) is 44.0 Å². The lowest BCUT2D eigenvalue weighted by atomic mass is 9.88. The molecule has 4 unspecified atom stereocenters. The van der Waals surface area contributed by atoms with Gasteiger partial charge in [0.1, 0.15) is 18.0 Å². The van der Waals surface area contributed by atoms with E-state index in [1.54, 1.807) is 13.2 Å². The van der Waals surface area contributed by atoms with Crippen LogP contribution in [0, 0.1) is 16.4 Å². The van der Waals surface area contributed by atoms with Gasteiger partial charge in [-0.25, -0.2) is 4.39 Å². The lowest BCUT2D eigenvalue weighted by molar-refractivity contribution is -0.123. The SMILES string of the molecule is C=C1CCC(NC2=CC(F)=C(N3CCN(CC4CCN(C(=O)c5ccc(C6CCN(C(C)c7cc(=C)/c(=c8/ccc9c(c8)NC(C(C)OC)N=9)cc[nH]n7C)CC6)cc5)CC4)CC3)CC2)C(=O)N1.CC. The van der Waals surface area contributed by atoms with Crippen molar-refractivity contribution in [2.24, 2.45) is 18.0 Å². The summed E-state index contributed by atoms with van der Waals surface area (Å²) in [5.41, 5.74) is 6.57. The first-order chi connectivity index (χ1) is 33.9. The van der Waals surface area contributed by atoms with Gasteiger partial charge in [0.2, 0.25) is 5.91 Å². The second-order valence-electron chi connectivity index (χ2n) is 19.8. The minimum absolute atomic E-state index is 0.0310. The van der Waals surface area contributed by atoms with E-state index < -0.39 is 0 Å². The second kappa shape index (κ2) is 23.0. The molecule has 0 spiro atoms. The van der Waals surface area contributed by atoms with Gasteiger partial charge in [0.15, 0.2) is 0 Å². The number of methoxy groups -OCH3 is 1. The molecule has 70 heavy (non-hydrogen) atoms. The number of nitrogens with zero attached hydrogens (tertiary/aromatic N) is 6. The zero-order valence-electron chi connectivity index (χ0n) is 42.5. The van der Waals surface area contributed by atoms with Gasteiger partial charge in [-0.05, 0) is 154 Å². The molecule has 4 fully saturated rings. The molecular formula is C56H77FN10O3. The number of rotatable bonds is 11. The molecule has 376 valence electrons. The summed E-state index contributed by atoms with van der Waals surface area (Å²) in [4.78, 5) is 40.1. The average Bonchev–Trinajstić information content (AvgIpc) is 3.82. The first-order valence-corrected chi connectivity index (χ1v) is 25.9. The average molecular weight is 957 g/mol. The number of benzene rings is 2. The third-order valence-electron chi connectivity index (χ3n) is 15.5. The quantitative estimate of drug-likeness (QED) is 0.159. The van der Waals surface area contributed by atoms with Crippen molar-refractivity contribution in [3.63, 3.8) is 0 Å². The predicted molar refractivity (Wildman–Crippen MR) is 277 cm³/mol. The minimum Gasteiger partial charge on any atom is -0.378 e. The number of piperidine rings is 3. The number of aryl methyl sites for hydroxylation is 1. The lowest BCUT2D eigenvalue weighted by Crippen LogP contribution is -2.49. The Morgan fingerprint density at radius 3 is 2.31 bits per heavy atom. The maximum Gasteiger partial charge on any atom is 0.253 e. The molecule has 0 bridgehead atoms. The Kier molecular flexibility index (Phi) is 16.7. The molecule has 4 N–H and O–H groups in total. The van der Waals surface area contributed by atoms with E-state index in [9.17, 15) is 9.59 Å². The molecule has 6 heterocycles. The molecule has 0 radical (unpaired) electrons. The highest BCUT2D eigenvalue weighted by molar-refractivity contribution is 5.94. The topological polar surface area (TPSA) is 126 Å². The summed E-state index contributed by atoms with van der Waals surface area (Å²) in [5.74, 6) is 0.852. The van der Waals surface area contributed by atoms with Crippen LogP contribution in [0.5, 0.6) is 0 Å². The second-order valence-corrected chi connectivity index (χ2v) is 19.8. The van der Waals surface area contributed by atoms with Gasteiger partial charge in [0.05, 0.1) is 28.5 Å². The molecule has 13 nitrogen and oxygen atoms in total. The van der Waals surface area contributed by atoms with Gasteiger partial charge in [0.25, 0.3) is 5.91 Å². The number of hydrogen-bond acceptors (Lipinski definition) is 9. The highest BCUT2D eigenvalue weighted by atomic mass is 19.1. The van der Waals surface area contributed by atoms with Crippen molar-refractivity contribution in [2.75, 3.05) is 71.3 Å². The van der Waals surface area contributed by atoms with Crippen LogP contribution < -0.4 is 26.5 Å². The Morgan fingerprint density at radius 2 is 1.63 bits per heavy atom. The highest BCUT2D eigenvalue weighted by Crippen LogP contribution is 2.33. The van der Waals surface area contributed by atoms with Gasteiger partial charge >= 0.3 is 0 Å². The summed E-state index contributed by atoms with van der Waals surface area (Å²) in [5, 5.41) is 17.1. The summed E-state index contributed by atoms with van der Waals surface area (Å²) in [6.45, 7) is 24.7. The molecule has 4 saturated heterocycles. The monoisotopic (exact) mass is 957 g/mol. The number of carbonyl (C=O) groups is 2. The summed E-state index contributed by atoms with van der Waals surface area (Å²) in [6, 6.07) is 18.9. The summed E-state index contributed by atoms with van der Waals surface area (Å²) in [7, 11) is 3.78. The third kappa shape index (κ3) is 11.7.